The van der Waals surface area contributed by atoms with Gasteiger partial charge in [-0.1, -0.05) is 0 Å². The van der Waals surface area contributed by atoms with Crippen LogP contribution in [0.4, 0.5) is 22.0 Å². The highest BCUT2D eigenvalue weighted by atomic mass is 19.4. The molecule has 3 aromatic rings. The molecule has 3 heterocycles. The summed E-state index contributed by atoms with van der Waals surface area (Å²) in [5.41, 5.74) is -0.871. The molecule has 0 atom stereocenters. The zero-order valence-electron chi connectivity index (χ0n) is 17.3. The average Bonchev–Trinajstić information content (AvgIpc) is 3.43. The quantitative estimate of drug-likeness (QED) is 0.489. The van der Waals surface area contributed by atoms with Crippen molar-refractivity contribution in [1.82, 2.24) is 19.4 Å². The molecule has 11 heteroatoms. The van der Waals surface area contributed by atoms with Gasteiger partial charge in [-0.3, -0.25) is 4.79 Å². The molecule has 1 aliphatic heterocycles. The van der Waals surface area contributed by atoms with Crippen LogP contribution in [0.3, 0.4) is 0 Å². The van der Waals surface area contributed by atoms with Gasteiger partial charge in [0, 0.05) is 30.9 Å². The number of halogens is 5. The van der Waals surface area contributed by atoms with Gasteiger partial charge >= 0.3 is 6.18 Å². The Hall–Kier alpha value is -3.50. The summed E-state index contributed by atoms with van der Waals surface area (Å²) in [5, 5.41) is 0. The summed E-state index contributed by atoms with van der Waals surface area (Å²) < 4.78 is 74.8. The highest BCUT2D eigenvalue weighted by Crippen LogP contribution is 2.37. The Morgan fingerprint density at radius 3 is 2.42 bits per heavy atom. The molecule has 1 amide bonds. The summed E-state index contributed by atoms with van der Waals surface area (Å²) in [6, 6.07) is 3.54. The van der Waals surface area contributed by atoms with Crippen LogP contribution in [0.5, 0.6) is 11.6 Å². The van der Waals surface area contributed by atoms with Crippen molar-refractivity contribution in [1.29, 1.82) is 0 Å². The minimum atomic E-state index is -4.57. The van der Waals surface area contributed by atoms with E-state index >= 15 is 8.78 Å². The van der Waals surface area contributed by atoms with E-state index in [-0.39, 0.29) is 41.3 Å². The van der Waals surface area contributed by atoms with Crippen LogP contribution in [0.15, 0.2) is 30.5 Å². The molecule has 1 saturated carbocycles. The zero-order chi connectivity index (χ0) is 23.5. The molecule has 33 heavy (non-hydrogen) atoms. The first-order valence-electron chi connectivity index (χ1n) is 10.2. The van der Waals surface area contributed by atoms with Crippen molar-refractivity contribution < 1.29 is 31.5 Å². The van der Waals surface area contributed by atoms with Gasteiger partial charge in [0.1, 0.15) is 17.4 Å². The lowest BCUT2D eigenvalue weighted by molar-refractivity contribution is -0.137. The maximum atomic E-state index is 15.0. The largest absolute Gasteiger partial charge is 0.439 e. The van der Waals surface area contributed by atoms with E-state index in [0.717, 1.165) is 37.1 Å². The molecule has 0 radical (unpaired) electrons. The summed E-state index contributed by atoms with van der Waals surface area (Å²) in [4.78, 5) is 22.0. The van der Waals surface area contributed by atoms with Crippen LogP contribution in [-0.4, -0.2) is 31.9 Å². The number of carbonyl (C=O) groups excluding carboxylic acids is 1. The normalized spacial score (nSPS) is 15.8. The van der Waals surface area contributed by atoms with E-state index in [9.17, 15) is 18.0 Å². The first kappa shape index (κ1) is 21.4. The molecular formula is C22H17F5N4O2. The van der Waals surface area contributed by atoms with Gasteiger partial charge in [0.2, 0.25) is 11.7 Å². The first-order valence-corrected chi connectivity index (χ1v) is 10.2. The number of amides is 1. The molecule has 0 spiro atoms. The van der Waals surface area contributed by atoms with E-state index in [1.165, 1.54) is 4.57 Å². The Labute approximate surface area is 184 Å². The SMILES string of the molecule is Cc1nc2n(c1-c1c(F)cc(Oc3ccc(C(F)(F)F)cn3)cc1F)CN(CC1CC1)C2=O. The first-order chi connectivity index (χ1) is 15.6. The molecule has 1 aliphatic carbocycles. The molecule has 0 unspecified atom stereocenters. The Bertz CT molecular complexity index is 1230. The van der Waals surface area contributed by atoms with Crippen molar-refractivity contribution in [2.45, 2.75) is 32.6 Å². The lowest BCUT2D eigenvalue weighted by atomic mass is 10.1. The second-order valence-electron chi connectivity index (χ2n) is 8.16. The number of hydrogen-bond acceptors (Lipinski definition) is 4. The minimum absolute atomic E-state index is 0.135. The molecule has 0 N–H and O–H groups in total. The molecule has 2 aromatic heterocycles. The number of imidazole rings is 1. The highest BCUT2D eigenvalue weighted by Gasteiger charge is 2.37. The molecule has 1 aromatic carbocycles. The molecular weight excluding hydrogens is 447 g/mol. The smallest absolute Gasteiger partial charge is 0.417 e. The predicted molar refractivity (Wildman–Crippen MR) is 105 cm³/mol. The summed E-state index contributed by atoms with van der Waals surface area (Å²) in [7, 11) is 0. The third-order valence-corrected chi connectivity index (χ3v) is 5.65. The van der Waals surface area contributed by atoms with E-state index in [2.05, 4.69) is 9.97 Å². The van der Waals surface area contributed by atoms with Crippen LogP contribution < -0.4 is 4.74 Å². The van der Waals surface area contributed by atoms with Crippen molar-refractivity contribution in [3.63, 3.8) is 0 Å². The lowest BCUT2D eigenvalue weighted by Gasteiger charge is -2.16. The van der Waals surface area contributed by atoms with Crippen molar-refractivity contribution in [2.24, 2.45) is 5.92 Å². The number of alkyl halides is 3. The van der Waals surface area contributed by atoms with Crippen molar-refractivity contribution in [3.8, 4) is 22.9 Å². The van der Waals surface area contributed by atoms with Crippen LogP contribution in [0.1, 0.15) is 34.7 Å². The lowest BCUT2D eigenvalue weighted by Crippen LogP contribution is -2.27. The fourth-order valence-electron chi connectivity index (χ4n) is 3.88. The van der Waals surface area contributed by atoms with Crippen LogP contribution in [0, 0.1) is 24.5 Å². The van der Waals surface area contributed by atoms with Gasteiger partial charge in [0.15, 0.2) is 0 Å². The van der Waals surface area contributed by atoms with Crippen LogP contribution in [0.2, 0.25) is 0 Å². The zero-order valence-corrected chi connectivity index (χ0v) is 17.3. The number of carbonyl (C=O) groups is 1. The maximum absolute atomic E-state index is 15.0. The number of ether oxygens (including phenoxy) is 1. The maximum Gasteiger partial charge on any atom is 0.417 e. The number of aryl methyl sites for hydroxylation is 1. The van der Waals surface area contributed by atoms with Crippen molar-refractivity contribution in [3.05, 3.63) is 59.2 Å². The Morgan fingerprint density at radius 1 is 1.15 bits per heavy atom. The molecule has 0 bridgehead atoms. The Kier molecular flexibility index (Phi) is 4.87. The van der Waals surface area contributed by atoms with E-state index in [1.54, 1.807) is 11.8 Å². The van der Waals surface area contributed by atoms with Gasteiger partial charge in [0.05, 0.1) is 29.2 Å². The number of benzene rings is 1. The van der Waals surface area contributed by atoms with Crippen molar-refractivity contribution >= 4 is 5.91 Å². The number of pyridine rings is 1. The molecule has 0 saturated heterocycles. The number of nitrogens with zero attached hydrogens (tertiary/aromatic N) is 4. The van der Waals surface area contributed by atoms with E-state index in [0.29, 0.717) is 24.4 Å². The number of rotatable bonds is 5. The molecule has 1 fully saturated rings. The summed E-state index contributed by atoms with van der Waals surface area (Å²) in [6.07, 6.45) is -1.89. The predicted octanol–water partition coefficient (Wildman–Crippen LogP) is 5.17. The van der Waals surface area contributed by atoms with Gasteiger partial charge < -0.3 is 14.2 Å². The molecule has 5 rings (SSSR count). The average molecular weight is 464 g/mol. The van der Waals surface area contributed by atoms with Crippen molar-refractivity contribution in [2.75, 3.05) is 6.54 Å². The fraction of sp³-hybridized carbons (Fsp3) is 0.318. The number of aromatic nitrogens is 3. The summed E-state index contributed by atoms with van der Waals surface area (Å²) >= 11 is 0. The third-order valence-electron chi connectivity index (χ3n) is 5.65. The molecule has 172 valence electrons. The second kappa shape index (κ2) is 7.53. The topological polar surface area (TPSA) is 60.2 Å². The Morgan fingerprint density at radius 2 is 1.85 bits per heavy atom. The summed E-state index contributed by atoms with van der Waals surface area (Å²) in [6.45, 7) is 2.31. The standard InChI is InChI=1S/C22H17F5N4O2/c1-11-19(31-10-30(9-12-2-3-12)21(32)20(31)29-11)18-15(23)6-14(7-16(18)24)33-17-5-4-13(8-28-17)22(25,26)27/h4-8,12H,2-3,9-10H2,1H3. The van der Waals surface area contributed by atoms with Crippen LogP contribution >= 0.6 is 0 Å². The van der Waals surface area contributed by atoms with E-state index in [1.807, 2.05) is 0 Å². The van der Waals surface area contributed by atoms with Gasteiger partial charge in [0.25, 0.3) is 5.91 Å². The second-order valence-corrected chi connectivity index (χ2v) is 8.16. The Balaban J connectivity index is 1.43. The monoisotopic (exact) mass is 464 g/mol. The van der Waals surface area contributed by atoms with Crippen LogP contribution in [-0.2, 0) is 12.8 Å². The summed E-state index contributed by atoms with van der Waals surface area (Å²) in [5.74, 6) is -2.14. The highest BCUT2D eigenvalue weighted by molar-refractivity contribution is 5.94. The molecule has 6 nitrogen and oxygen atoms in total. The third kappa shape index (κ3) is 3.91. The van der Waals surface area contributed by atoms with Gasteiger partial charge in [-0.2, -0.15) is 13.2 Å². The van der Waals surface area contributed by atoms with Gasteiger partial charge in [-0.15, -0.1) is 0 Å². The van der Waals surface area contributed by atoms with Gasteiger partial charge in [-0.05, 0) is 31.7 Å². The fourth-order valence-corrected chi connectivity index (χ4v) is 3.88. The van der Waals surface area contributed by atoms with Gasteiger partial charge in [-0.25, -0.2) is 18.7 Å². The molecule has 2 aliphatic rings. The number of hydrogen-bond donors (Lipinski definition) is 0. The number of fused-ring (bicyclic) bond motifs is 1. The van der Waals surface area contributed by atoms with Crippen LogP contribution in [0.25, 0.3) is 11.3 Å². The van der Waals surface area contributed by atoms with E-state index in [4.69, 9.17) is 4.74 Å². The van der Waals surface area contributed by atoms with E-state index < -0.39 is 23.4 Å². The minimum Gasteiger partial charge on any atom is -0.439 e.